The van der Waals surface area contributed by atoms with E-state index < -0.39 is 10.0 Å². The molecule has 0 radical (unpaired) electrons. The van der Waals surface area contributed by atoms with Gasteiger partial charge in [-0.2, -0.15) is 0 Å². The molecular weight excluding hydrogens is 372 g/mol. The smallest absolute Gasteiger partial charge is 0.252 e. The maximum Gasteiger partial charge on any atom is 0.252 e. The number of rotatable bonds is 5. The molecule has 134 valence electrons. The lowest BCUT2D eigenvalue weighted by atomic mass is 9.97. The molecule has 2 N–H and O–H groups in total. The Labute approximate surface area is 157 Å². The van der Waals surface area contributed by atoms with Gasteiger partial charge in [-0.25, -0.2) is 13.1 Å². The molecule has 7 heteroatoms. The first-order chi connectivity index (χ1) is 12.4. The molecule has 2 aromatic carbocycles. The summed E-state index contributed by atoms with van der Waals surface area (Å²) in [6, 6.07) is 13.8. The molecule has 0 aromatic heterocycles. The number of carbonyl (C=O) groups excluding carboxylic acids is 1. The molecule has 0 atom stereocenters. The van der Waals surface area contributed by atoms with Crippen LogP contribution in [0.15, 0.2) is 53.4 Å². The van der Waals surface area contributed by atoms with Gasteiger partial charge in [0.05, 0.1) is 10.5 Å². The van der Waals surface area contributed by atoms with Crippen LogP contribution in [0.5, 0.6) is 0 Å². The van der Waals surface area contributed by atoms with Crippen LogP contribution < -0.4 is 10.0 Å². The number of amides is 1. The zero-order valence-corrected chi connectivity index (χ0v) is 15.4. The number of carbonyl (C=O) groups is 1. The summed E-state index contributed by atoms with van der Waals surface area (Å²) < 4.78 is 27.2. The first-order valence-electron chi connectivity index (χ1n) is 8.34. The SMILES string of the molecule is O=C1NCC(c2ccc(Cl)cc2)=C1c1ccc(S(=O)(=O)NC2CC2)cc1. The Kier molecular flexibility index (Phi) is 4.34. The highest BCUT2D eigenvalue weighted by Gasteiger charge is 2.29. The van der Waals surface area contributed by atoms with Crippen LogP contribution >= 0.6 is 11.6 Å². The minimum Gasteiger partial charge on any atom is -0.348 e. The minimum absolute atomic E-state index is 0.0551. The van der Waals surface area contributed by atoms with Crippen LogP contribution in [0.25, 0.3) is 11.1 Å². The lowest BCUT2D eigenvalue weighted by Crippen LogP contribution is -2.25. The second kappa shape index (κ2) is 6.54. The Morgan fingerprint density at radius 1 is 0.962 bits per heavy atom. The first-order valence-corrected chi connectivity index (χ1v) is 10.2. The Morgan fingerprint density at radius 3 is 2.19 bits per heavy atom. The summed E-state index contributed by atoms with van der Waals surface area (Å²) in [6.45, 7) is 0.430. The fraction of sp³-hybridized carbons (Fsp3) is 0.211. The number of sulfonamides is 1. The van der Waals surface area contributed by atoms with E-state index in [2.05, 4.69) is 10.0 Å². The average molecular weight is 389 g/mol. The van der Waals surface area contributed by atoms with E-state index in [1.54, 1.807) is 24.3 Å². The van der Waals surface area contributed by atoms with E-state index in [0.717, 1.165) is 24.0 Å². The Morgan fingerprint density at radius 2 is 1.58 bits per heavy atom. The number of hydrogen-bond donors (Lipinski definition) is 2. The topological polar surface area (TPSA) is 75.3 Å². The summed E-state index contributed by atoms with van der Waals surface area (Å²) in [5.74, 6) is -0.165. The van der Waals surface area contributed by atoms with Crippen LogP contribution in [0.4, 0.5) is 0 Å². The van der Waals surface area contributed by atoms with Crippen molar-refractivity contribution >= 4 is 38.7 Å². The molecule has 0 bridgehead atoms. The molecular formula is C19H17ClN2O3S. The number of benzene rings is 2. The van der Waals surface area contributed by atoms with Gasteiger partial charge < -0.3 is 5.32 Å². The van der Waals surface area contributed by atoms with E-state index >= 15 is 0 Å². The van der Waals surface area contributed by atoms with Crippen molar-refractivity contribution in [2.75, 3.05) is 6.54 Å². The van der Waals surface area contributed by atoms with Gasteiger partial charge in [-0.05, 0) is 53.8 Å². The summed E-state index contributed by atoms with van der Waals surface area (Å²) in [6.07, 6.45) is 1.77. The Hall–Kier alpha value is -2.15. The molecule has 1 heterocycles. The highest BCUT2D eigenvalue weighted by molar-refractivity contribution is 7.89. The van der Waals surface area contributed by atoms with Crippen molar-refractivity contribution in [3.63, 3.8) is 0 Å². The third kappa shape index (κ3) is 3.40. The third-order valence-electron chi connectivity index (χ3n) is 4.50. The molecule has 4 rings (SSSR count). The van der Waals surface area contributed by atoms with Crippen molar-refractivity contribution in [3.8, 4) is 0 Å². The van der Waals surface area contributed by atoms with Crippen molar-refractivity contribution in [2.24, 2.45) is 0 Å². The predicted molar refractivity (Wildman–Crippen MR) is 101 cm³/mol. The fourth-order valence-corrected chi connectivity index (χ4v) is 4.41. The van der Waals surface area contributed by atoms with Gasteiger partial charge in [-0.3, -0.25) is 4.79 Å². The zero-order chi connectivity index (χ0) is 18.3. The molecule has 1 aliphatic heterocycles. The standard InChI is InChI=1S/C19H17ClN2O3S/c20-14-5-1-12(2-6-14)17-11-21-19(23)18(17)13-3-9-16(10-4-13)26(24,25)22-15-7-8-15/h1-6,9-10,15,22H,7-8,11H2,(H,21,23). The Bertz CT molecular complexity index is 992. The lowest BCUT2D eigenvalue weighted by molar-refractivity contribution is -0.114. The van der Waals surface area contributed by atoms with E-state index in [4.69, 9.17) is 11.6 Å². The van der Waals surface area contributed by atoms with Crippen molar-refractivity contribution in [2.45, 2.75) is 23.8 Å². The molecule has 5 nitrogen and oxygen atoms in total. The summed E-state index contributed by atoms with van der Waals surface area (Å²) in [5, 5.41) is 3.46. The molecule has 0 spiro atoms. The molecule has 0 unspecified atom stereocenters. The molecule has 26 heavy (non-hydrogen) atoms. The fourth-order valence-electron chi connectivity index (χ4n) is 2.97. The van der Waals surface area contributed by atoms with Crippen LogP contribution in [0.1, 0.15) is 24.0 Å². The van der Waals surface area contributed by atoms with Crippen molar-refractivity contribution < 1.29 is 13.2 Å². The maximum absolute atomic E-state index is 12.3. The average Bonchev–Trinajstić information content (AvgIpc) is 3.34. The molecule has 1 amide bonds. The second-order valence-corrected chi connectivity index (χ2v) is 8.61. The van der Waals surface area contributed by atoms with Gasteiger partial charge in [0.2, 0.25) is 10.0 Å². The third-order valence-corrected chi connectivity index (χ3v) is 6.29. The van der Waals surface area contributed by atoms with Gasteiger partial charge >= 0.3 is 0 Å². The largest absolute Gasteiger partial charge is 0.348 e. The van der Waals surface area contributed by atoms with Crippen molar-refractivity contribution in [1.82, 2.24) is 10.0 Å². The van der Waals surface area contributed by atoms with E-state index in [9.17, 15) is 13.2 Å². The number of hydrogen-bond acceptors (Lipinski definition) is 3. The summed E-state index contributed by atoms with van der Waals surface area (Å²) in [7, 11) is -3.50. The number of halogens is 1. The zero-order valence-electron chi connectivity index (χ0n) is 13.8. The van der Waals surface area contributed by atoms with Gasteiger partial charge in [0.25, 0.3) is 5.91 Å². The van der Waals surface area contributed by atoms with Crippen molar-refractivity contribution in [3.05, 3.63) is 64.7 Å². The highest BCUT2D eigenvalue weighted by atomic mass is 35.5. The van der Waals surface area contributed by atoms with E-state index in [1.165, 1.54) is 12.1 Å². The normalized spacial score (nSPS) is 17.5. The molecule has 1 fully saturated rings. The summed E-state index contributed by atoms with van der Waals surface area (Å²) in [5.41, 5.74) is 3.04. The van der Waals surface area contributed by atoms with E-state index in [1.807, 2.05) is 12.1 Å². The van der Waals surface area contributed by atoms with Crippen LogP contribution in [0, 0.1) is 0 Å². The number of nitrogens with one attached hydrogen (secondary N) is 2. The maximum atomic E-state index is 12.3. The minimum atomic E-state index is -3.50. The molecule has 2 aromatic rings. The van der Waals surface area contributed by atoms with Crippen LogP contribution in [0.3, 0.4) is 0 Å². The van der Waals surface area contributed by atoms with Gasteiger partial charge in [0.1, 0.15) is 0 Å². The second-order valence-electron chi connectivity index (χ2n) is 6.46. The van der Waals surface area contributed by atoms with E-state index in [0.29, 0.717) is 22.7 Å². The van der Waals surface area contributed by atoms with Crippen LogP contribution in [0.2, 0.25) is 5.02 Å². The van der Waals surface area contributed by atoms with Crippen molar-refractivity contribution in [1.29, 1.82) is 0 Å². The Balaban J connectivity index is 1.69. The molecule has 1 aliphatic carbocycles. The van der Waals surface area contributed by atoms with Crippen LogP contribution in [-0.4, -0.2) is 26.9 Å². The first kappa shape index (κ1) is 17.3. The molecule has 0 saturated heterocycles. The van der Waals surface area contributed by atoms with Crippen LogP contribution in [-0.2, 0) is 14.8 Å². The summed E-state index contributed by atoms with van der Waals surface area (Å²) in [4.78, 5) is 12.5. The molecule has 2 aliphatic rings. The van der Waals surface area contributed by atoms with Gasteiger partial charge in [0.15, 0.2) is 0 Å². The summed E-state index contributed by atoms with van der Waals surface area (Å²) >= 11 is 5.94. The lowest BCUT2D eigenvalue weighted by Gasteiger charge is -2.09. The monoisotopic (exact) mass is 388 g/mol. The van der Waals surface area contributed by atoms with Gasteiger partial charge in [0, 0.05) is 17.6 Å². The molecule has 1 saturated carbocycles. The van der Waals surface area contributed by atoms with E-state index in [-0.39, 0.29) is 16.8 Å². The predicted octanol–water partition coefficient (Wildman–Crippen LogP) is 2.82. The quantitative estimate of drug-likeness (QED) is 0.827. The van der Waals surface area contributed by atoms with Gasteiger partial charge in [-0.15, -0.1) is 0 Å². The van der Waals surface area contributed by atoms with Gasteiger partial charge in [-0.1, -0.05) is 35.9 Å². The highest BCUT2D eigenvalue weighted by Crippen LogP contribution is 2.31.